The third kappa shape index (κ3) is 2.96. The molecule has 4 N–H and O–H groups in total. The highest BCUT2D eigenvalue weighted by molar-refractivity contribution is 4.58. The molecule has 0 heterocycles. The molecule has 50 valence electrons. The van der Waals surface area contributed by atoms with Gasteiger partial charge in [-0.25, -0.2) is 0 Å². The van der Waals surface area contributed by atoms with Crippen LogP contribution in [-0.4, -0.2) is 12.5 Å². The first-order valence-corrected chi connectivity index (χ1v) is 2.84. The van der Waals surface area contributed by atoms with Crippen LogP contribution in [0.3, 0.4) is 0 Å². The summed E-state index contributed by atoms with van der Waals surface area (Å²) in [6, 6.07) is 0. The van der Waals surface area contributed by atoms with Crippen LogP contribution in [0.4, 0.5) is 0 Å². The first kappa shape index (κ1) is 7.88. The zero-order valence-corrected chi connectivity index (χ0v) is 5.48. The second-order valence-electron chi connectivity index (χ2n) is 1.74. The number of nitrogens with two attached hydrogens (primary N) is 2. The van der Waals surface area contributed by atoms with E-state index in [0.29, 0.717) is 13.0 Å². The van der Waals surface area contributed by atoms with Crippen LogP contribution in [0.5, 0.6) is 0 Å². The topological polar surface area (TPSA) is 61.3 Å². The number of ether oxygens (including phenoxy) is 1. The number of rotatable bonds is 3. The van der Waals surface area contributed by atoms with Gasteiger partial charge >= 0.3 is 0 Å². The minimum absolute atomic E-state index is 0.570. The van der Waals surface area contributed by atoms with E-state index in [9.17, 15) is 0 Å². The summed E-state index contributed by atoms with van der Waals surface area (Å²) in [5.74, 6) is -0.908. The average molecular weight is 118 g/mol. The van der Waals surface area contributed by atoms with Crippen molar-refractivity contribution in [1.82, 2.24) is 0 Å². The van der Waals surface area contributed by atoms with Crippen molar-refractivity contribution < 1.29 is 4.74 Å². The molecule has 0 fully saturated rings. The van der Waals surface area contributed by atoms with Crippen LogP contribution in [0.1, 0.15) is 20.3 Å². The Morgan fingerprint density at radius 1 is 1.38 bits per heavy atom. The summed E-state index contributed by atoms with van der Waals surface area (Å²) in [5.41, 5.74) is 10.8. The normalized spacial score (nSPS) is 12.0. The molecule has 0 unspecified atom stereocenters. The minimum atomic E-state index is -0.908. The van der Waals surface area contributed by atoms with Crippen LogP contribution in [0.15, 0.2) is 0 Å². The van der Waals surface area contributed by atoms with E-state index in [1.165, 1.54) is 0 Å². The predicted octanol–water partition coefficient (Wildman–Crippen LogP) is 0.00410. The fourth-order valence-electron chi connectivity index (χ4n) is 0.371. The van der Waals surface area contributed by atoms with Gasteiger partial charge in [0, 0.05) is 13.0 Å². The molecule has 0 radical (unpaired) electrons. The van der Waals surface area contributed by atoms with Gasteiger partial charge in [-0.1, -0.05) is 6.92 Å². The summed E-state index contributed by atoms with van der Waals surface area (Å²) in [5, 5.41) is 0. The quantitative estimate of drug-likeness (QED) is 0.513. The van der Waals surface area contributed by atoms with Gasteiger partial charge in [-0.3, -0.25) is 11.5 Å². The van der Waals surface area contributed by atoms with Crippen molar-refractivity contribution in [3.63, 3.8) is 0 Å². The average Bonchev–Trinajstić information content (AvgIpc) is 1.67. The maximum absolute atomic E-state index is 5.38. The Hall–Kier alpha value is -0.120. The van der Waals surface area contributed by atoms with Crippen molar-refractivity contribution in [1.29, 1.82) is 0 Å². The fourth-order valence-corrected chi connectivity index (χ4v) is 0.371. The maximum Gasteiger partial charge on any atom is 0.169 e. The van der Waals surface area contributed by atoms with Gasteiger partial charge in [-0.05, 0) is 6.92 Å². The highest BCUT2D eigenvalue weighted by Crippen LogP contribution is 1.97. The summed E-state index contributed by atoms with van der Waals surface area (Å²) in [4.78, 5) is 0. The molecule has 0 aliphatic carbocycles. The molecule has 0 saturated carbocycles. The lowest BCUT2D eigenvalue weighted by Gasteiger charge is -2.21. The largest absolute Gasteiger partial charge is 0.348 e. The van der Waals surface area contributed by atoms with Crippen molar-refractivity contribution in [2.24, 2.45) is 11.5 Å². The van der Waals surface area contributed by atoms with Gasteiger partial charge in [0.25, 0.3) is 0 Å². The van der Waals surface area contributed by atoms with Crippen molar-refractivity contribution >= 4 is 0 Å². The van der Waals surface area contributed by atoms with Gasteiger partial charge in [0.05, 0.1) is 0 Å². The van der Waals surface area contributed by atoms with Crippen LogP contribution in [0.2, 0.25) is 0 Å². The molecule has 0 atom stereocenters. The Bertz CT molecular complexity index is 63.4. The Balaban J connectivity index is 3.37. The third-order valence-corrected chi connectivity index (χ3v) is 0.966. The summed E-state index contributed by atoms with van der Waals surface area (Å²) >= 11 is 0. The van der Waals surface area contributed by atoms with Crippen molar-refractivity contribution in [3.05, 3.63) is 0 Å². The van der Waals surface area contributed by atoms with Crippen molar-refractivity contribution in [2.45, 2.75) is 26.1 Å². The molecular weight excluding hydrogens is 104 g/mol. The molecule has 0 aliphatic heterocycles. The molecule has 0 aromatic heterocycles. The second kappa shape index (κ2) is 3.02. The van der Waals surface area contributed by atoms with E-state index in [1.54, 1.807) is 0 Å². The van der Waals surface area contributed by atoms with Crippen LogP contribution in [0.25, 0.3) is 0 Å². The zero-order valence-electron chi connectivity index (χ0n) is 5.48. The van der Waals surface area contributed by atoms with E-state index in [-0.39, 0.29) is 0 Å². The van der Waals surface area contributed by atoms with Gasteiger partial charge < -0.3 is 4.74 Å². The standard InChI is InChI=1S/C5H14N2O/c1-3-5(6,7)8-4-2/h3-4,6-7H2,1-2H3. The lowest BCUT2D eigenvalue weighted by atomic mass is 10.3. The highest BCUT2D eigenvalue weighted by Gasteiger charge is 2.13. The van der Waals surface area contributed by atoms with Gasteiger partial charge in [0.2, 0.25) is 0 Å². The van der Waals surface area contributed by atoms with Gasteiger partial charge in [0.1, 0.15) is 0 Å². The first-order valence-electron chi connectivity index (χ1n) is 2.84. The van der Waals surface area contributed by atoms with Gasteiger partial charge in [0.15, 0.2) is 5.85 Å². The number of hydrogen-bond acceptors (Lipinski definition) is 3. The van der Waals surface area contributed by atoms with Crippen LogP contribution in [-0.2, 0) is 4.74 Å². The second-order valence-corrected chi connectivity index (χ2v) is 1.74. The molecule has 0 aromatic rings. The molecule has 0 amide bonds. The van der Waals surface area contributed by atoms with Crippen LogP contribution < -0.4 is 11.5 Å². The Labute approximate surface area is 50.0 Å². The molecule has 8 heavy (non-hydrogen) atoms. The Morgan fingerprint density at radius 3 is 2.00 bits per heavy atom. The van der Waals surface area contributed by atoms with Crippen LogP contribution >= 0.6 is 0 Å². The molecule has 0 aromatic carbocycles. The molecule has 0 aliphatic rings. The van der Waals surface area contributed by atoms with E-state index in [2.05, 4.69) is 0 Å². The highest BCUT2D eigenvalue weighted by atomic mass is 16.5. The van der Waals surface area contributed by atoms with E-state index in [0.717, 1.165) is 0 Å². The predicted molar refractivity (Wildman–Crippen MR) is 33.0 cm³/mol. The molecule has 0 saturated heterocycles. The lowest BCUT2D eigenvalue weighted by Crippen LogP contribution is -2.51. The van der Waals surface area contributed by atoms with Crippen molar-refractivity contribution in [2.75, 3.05) is 6.61 Å². The van der Waals surface area contributed by atoms with E-state index >= 15 is 0 Å². The molecule has 0 rings (SSSR count). The van der Waals surface area contributed by atoms with Gasteiger partial charge in [-0.2, -0.15) is 0 Å². The van der Waals surface area contributed by atoms with E-state index in [1.807, 2.05) is 13.8 Å². The summed E-state index contributed by atoms with van der Waals surface area (Å²) in [6.45, 7) is 4.32. The first-order chi connectivity index (χ1) is 3.62. The third-order valence-electron chi connectivity index (χ3n) is 0.966. The fraction of sp³-hybridized carbons (Fsp3) is 1.00. The summed E-state index contributed by atoms with van der Waals surface area (Å²) < 4.78 is 4.93. The Morgan fingerprint density at radius 2 is 1.88 bits per heavy atom. The maximum atomic E-state index is 5.38. The smallest absolute Gasteiger partial charge is 0.169 e. The monoisotopic (exact) mass is 118 g/mol. The molecule has 0 bridgehead atoms. The lowest BCUT2D eigenvalue weighted by molar-refractivity contribution is -0.0325. The SMILES string of the molecule is CCOC(N)(N)CC. The summed E-state index contributed by atoms with van der Waals surface area (Å²) in [6.07, 6.45) is 0.640. The molecular formula is C5H14N2O. The van der Waals surface area contributed by atoms with Gasteiger partial charge in [-0.15, -0.1) is 0 Å². The van der Waals surface area contributed by atoms with Crippen molar-refractivity contribution in [3.8, 4) is 0 Å². The summed E-state index contributed by atoms with van der Waals surface area (Å²) in [7, 11) is 0. The molecule has 3 nitrogen and oxygen atoms in total. The molecule has 0 spiro atoms. The zero-order chi connectivity index (χ0) is 6.62. The minimum Gasteiger partial charge on any atom is -0.348 e. The number of hydrogen-bond donors (Lipinski definition) is 2. The van der Waals surface area contributed by atoms with E-state index in [4.69, 9.17) is 16.2 Å². The Kier molecular flexibility index (Phi) is 2.97. The molecule has 3 heteroatoms. The van der Waals surface area contributed by atoms with E-state index < -0.39 is 5.85 Å². The van der Waals surface area contributed by atoms with Crippen LogP contribution in [0, 0.1) is 0 Å².